The van der Waals surface area contributed by atoms with Crippen LogP contribution in [0.1, 0.15) is 24.2 Å². The minimum Gasteiger partial charge on any atom is -0.496 e. The topological polar surface area (TPSA) is 106 Å². The minimum absolute atomic E-state index is 0.0368. The highest BCUT2D eigenvalue weighted by Crippen LogP contribution is 2.28. The van der Waals surface area contributed by atoms with Crippen molar-refractivity contribution in [1.29, 1.82) is 0 Å². The van der Waals surface area contributed by atoms with Gasteiger partial charge in [0.15, 0.2) is 0 Å². The van der Waals surface area contributed by atoms with Crippen molar-refractivity contribution >= 4 is 11.7 Å². The summed E-state index contributed by atoms with van der Waals surface area (Å²) >= 11 is 0. The van der Waals surface area contributed by atoms with E-state index in [9.17, 15) is 4.79 Å². The summed E-state index contributed by atoms with van der Waals surface area (Å²) in [5.41, 5.74) is 5.21. The van der Waals surface area contributed by atoms with Crippen LogP contribution in [0, 0.1) is 5.41 Å². The second-order valence-corrected chi connectivity index (χ2v) is 5.09. The summed E-state index contributed by atoms with van der Waals surface area (Å²) in [5.74, 6) is 0.500. The highest BCUT2D eigenvalue weighted by atomic mass is 16.5. The van der Waals surface area contributed by atoms with Gasteiger partial charge in [-0.3, -0.25) is 4.79 Å². The molecule has 0 fully saturated rings. The average Bonchev–Trinajstić information content (AvgIpc) is 2.50. The second kappa shape index (κ2) is 6.83. The van der Waals surface area contributed by atoms with Gasteiger partial charge >= 0.3 is 0 Å². The highest BCUT2D eigenvalue weighted by molar-refractivity contribution is 6.00. The fourth-order valence-corrected chi connectivity index (χ4v) is 1.69. The van der Waals surface area contributed by atoms with Crippen molar-refractivity contribution in [1.82, 2.24) is 5.32 Å². The van der Waals surface area contributed by atoms with Crippen molar-refractivity contribution in [3.05, 3.63) is 23.8 Å². The molecule has 0 aliphatic heterocycles. The van der Waals surface area contributed by atoms with Crippen LogP contribution < -0.4 is 20.5 Å². The third-order valence-corrected chi connectivity index (χ3v) is 3.15. The number of benzene rings is 1. The number of nitrogens with zero attached hydrogens (tertiary/aromatic N) is 1. The largest absolute Gasteiger partial charge is 0.496 e. The Kier molecular flexibility index (Phi) is 5.40. The quantitative estimate of drug-likeness (QED) is 0.316. The molecule has 0 spiro atoms. The fourth-order valence-electron chi connectivity index (χ4n) is 1.69. The van der Waals surface area contributed by atoms with Crippen LogP contribution in [0.25, 0.3) is 0 Å². The smallest absolute Gasteiger partial charge is 0.258 e. The van der Waals surface area contributed by atoms with Crippen LogP contribution >= 0.6 is 0 Å². The van der Waals surface area contributed by atoms with Gasteiger partial charge in [-0.1, -0.05) is 25.1 Å². The van der Waals surface area contributed by atoms with Crippen LogP contribution in [0.4, 0.5) is 0 Å². The molecule has 0 aliphatic rings. The van der Waals surface area contributed by atoms with E-state index in [4.69, 9.17) is 20.4 Å². The normalized spacial score (nSPS) is 11.9. The number of rotatable bonds is 6. The molecule has 4 N–H and O–H groups in total. The molecule has 1 aromatic rings. The lowest BCUT2D eigenvalue weighted by Gasteiger charge is -2.23. The molecule has 0 aromatic heterocycles. The van der Waals surface area contributed by atoms with Gasteiger partial charge in [-0.25, -0.2) is 0 Å². The Morgan fingerprint density at radius 3 is 2.29 bits per heavy atom. The van der Waals surface area contributed by atoms with Gasteiger partial charge in [-0.2, -0.15) is 0 Å². The number of nitrogens with two attached hydrogens (primary N) is 1. The number of nitrogens with one attached hydrogen (secondary N) is 1. The molecule has 21 heavy (non-hydrogen) atoms. The van der Waals surface area contributed by atoms with Gasteiger partial charge in [0.1, 0.15) is 22.9 Å². The van der Waals surface area contributed by atoms with Gasteiger partial charge in [-0.05, 0) is 12.1 Å². The standard InChI is InChI=1S/C14H21N3O4/c1-14(2,13(15)17-19)8-16-12(18)11-9(20-3)6-5-7-10(11)21-4/h5-7,19H,8H2,1-4H3,(H2,15,17)(H,16,18). The summed E-state index contributed by atoms with van der Waals surface area (Å²) in [6.45, 7) is 3.70. The molecule has 1 rings (SSSR count). The molecule has 0 aliphatic carbocycles. The Bertz CT molecular complexity index is 519. The Hall–Kier alpha value is -2.44. The molecule has 0 unspecified atom stereocenters. The molecule has 0 saturated carbocycles. The van der Waals surface area contributed by atoms with E-state index in [1.807, 2.05) is 0 Å². The first kappa shape index (κ1) is 16.6. The van der Waals surface area contributed by atoms with E-state index < -0.39 is 5.41 Å². The zero-order chi connectivity index (χ0) is 16.0. The number of carbonyl (C=O) groups excluding carboxylic acids is 1. The van der Waals surface area contributed by atoms with Gasteiger partial charge in [0, 0.05) is 12.0 Å². The Balaban J connectivity index is 2.95. The Morgan fingerprint density at radius 1 is 1.33 bits per heavy atom. The van der Waals surface area contributed by atoms with Crippen molar-refractivity contribution in [3.63, 3.8) is 0 Å². The number of ether oxygens (including phenoxy) is 2. The molecular weight excluding hydrogens is 274 g/mol. The van der Waals surface area contributed by atoms with Crippen LogP contribution in [-0.2, 0) is 0 Å². The first-order chi connectivity index (χ1) is 9.87. The maximum absolute atomic E-state index is 12.3. The summed E-state index contributed by atoms with van der Waals surface area (Å²) in [6, 6.07) is 5.08. The summed E-state index contributed by atoms with van der Waals surface area (Å²) < 4.78 is 10.4. The first-order valence-corrected chi connectivity index (χ1v) is 6.34. The fraction of sp³-hybridized carbons (Fsp3) is 0.429. The van der Waals surface area contributed by atoms with E-state index in [1.165, 1.54) is 14.2 Å². The van der Waals surface area contributed by atoms with E-state index in [0.29, 0.717) is 17.1 Å². The van der Waals surface area contributed by atoms with Crippen molar-refractivity contribution in [2.24, 2.45) is 16.3 Å². The van der Waals surface area contributed by atoms with E-state index >= 15 is 0 Å². The molecular formula is C14H21N3O4. The molecule has 0 radical (unpaired) electrons. The molecule has 1 aromatic carbocycles. The van der Waals surface area contributed by atoms with Gasteiger partial charge in [-0.15, -0.1) is 0 Å². The predicted octanol–water partition coefficient (Wildman–Crippen LogP) is 1.21. The Labute approximate surface area is 123 Å². The zero-order valence-corrected chi connectivity index (χ0v) is 12.6. The molecule has 0 heterocycles. The van der Waals surface area contributed by atoms with E-state index in [2.05, 4.69) is 10.5 Å². The summed E-state index contributed by atoms with van der Waals surface area (Å²) in [6.07, 6.45) is 0. The first-order valence-electron chi connectivity index (χ1n) is 6.34. The van der Waals surface area contributed by atoms with Crippen LogP contribution in [0.3, 0.4) is 0 Å². The molecule has 7 heteroatoms. The zero-order valence-electron chi connectivity index (χ0n) is 12.6. The molecule has 7 nitrogen and oxygen atoms in total. The van der Waals surface area contributed by atoms with E-state index in [-0.39, 0.29) is 18.3 Å². The lowest BCUT2D eigenvalue weighted by atomic mass is 9.92. The number of amidine groups is 1. The maximum atomic E-state index is 12.3. The van der Waals surface area contributed by atoms with Crippen LogP contribution in [-0.4, -0.2) is 37.7 Å². The van der Waals surface area contributed by atoms with Gasteiger partial charge in [0.25, 0.3) is 5.91 Å². The third kappa shape index (κ3) is 3.77. The number of oxime groups is 1. The van der Waals surface area contributed by atoms with Crippen molar-refractivity contribution in [2.45, 2.75) is 13.8 Å². The lowest BCUT2D eigenvalue weighted by Crippen LogP contribution is -2.42. The number of hydrogen-bond donors (Lipinski definition) is 3. The molecule has 0 saturated heterocycles. The highest BCUT2D eigenvalue weighted by Gasteiger charge is 2.26. The van der Waals surface area contributed by atoms with Crippen LogP contribution in [0.5, 0.6) is 11.5 Å². The average molecular weight is 295 g/mol. The van der Waals surface area contributed by atoms with Crippen molar-refractivity contribution < 1.29 is 19.5 Å². The molecule has 116 valence electrons. The number of amides is 1. The molecule has 0 atom stereocenters. The second-order valence-electron chi connectivity index (χ2n) is 5.09. The van der Waals surface area contributed by atoms with Crippen molar-refractivity contribution in [3.8, 4) is 11.5 Å². The summed E-state index contributed by atoms with van der Waals surface area (Å²) in [7, 11) is 2.96. The number of carbonyl (C=O) groups is 1. The van der Waals surface area contributed by atoms with E-state index in [0.717, 1.165) is 0 Å². The predicted molar refractivity (Wildman–Crippen MR) is 79.1 cm³/mol. The minimum atomic E-state index is -0.681. The van der Waals surface area contributed by atoms with Crippen LogP contribution in [0.2, 0.25) is 0 Å². The van der Waals surface area contributed by atoms with E-state index in [1.54, 1.807) is 32.0 Å². The SMILES string of the molecule is COc1cccc(OC)c1C(=O)NCC(C)(C)/C(N)=N/O. The molecule has 1 amide bonds. The maximum Gasteiger partial charge on any atom is 0.258 e. The van der Waals surface area contributed by atoms with Crippen molar-refractivity contribution in [2.75, 3.05) is 20.8 Å². The van der Waals surface area contributed by atoms with Gasteiger partial charge in [0.05, 0.1) is 14.2 Å². The van der Waals surface area contributed by atoms with Gasteiger partial charge in [0.2, 0.25) is 0 Å². The monoisotopic (exact) mass is 295 g/mol. The summed E-state index contributed by atoms with van der Waals surface area (Å²) in [4.78, 5) is 12.3. The lowest BCUT2D eigenvalue weighted by molar-refractivity contribution is 0.0938. The number of hydrogen-bond acceptors (Lipinski definition) is 5. The number of methoxy groups -OCH3 is 2. The molecule has 0 bridgehead atoms. The Morgan fingerprint density at radius 2 is 1.86 bits per heavy atom. The van der Waals surface area contributed by atoms with Gasteiger partial charge < -0.3 is 25.7 Å². The summed E-state index contributed by atoms with van der Waals surface area (Å²) in [5, 5.41) is 14.4. The van der Waals surface area contributed by atoms with Crippen LogP contribution in [0.15, 0.2) is 23.4 Å². The third-order valence-electron chi connectivity index (χ3n) is 3.15.